The van der Waals surface area contributed by atoms with Crippen molar-refractivity contribution < 1.29 is 0 Å². The Kier molecular flexibility index (Phi) is 2.45. The quantitative estimate of drug-likeness (QED) is 0.704. The van der Waals surface area contributed by atoms with E-state index in [1.54, 1.807) is 0 Å². The molecule has 2 N–H and O–H groups in total. The fourth-order valence-electron chi connectivity index (χ4n) is 2.13. The molecule has 3 aromatic rings. The predicted octanol–water partition coefficient (Wildman–Crippen LogP) is 3.19. The molecule has 0 aliphatic carbocycles. The number of nitrogen functional groups attached to an aromatic ring is 1. The molecule has 1 heterocycles. The Morgan fingerprint density at radius 3 is 2.44 bits per heavy atom. The van der Waals surface area contributed by atoms with Gasteiger partial charge in [0.25, 0.3) is 0 Å². The van der Waals surface area contributed by atoms with E-state index in [4.69, 9.17) is 5.73 Å². The van der Waals surface area contributed by atoms with Crippen LogP contribution in [-0.2, 0) is 0 Å². The van der Waals surface area contributed by atoms with E-state index in [1.807, 2.05) is 55.5 Å². The summed E-state index contributed by atoms with van der Waals surface area (Å²) in [7, 11) is 0. The van der Waals surface area contributed by atoms with Crippen molar-refractivity contribution in [3.05, 3.63) is 54.1 Å². The molecule has 0 radical (unpaired) electrons. The van der Waals surface area contributed by atoms with Gasteiger partial charge in [-0.25, -0.2) is 9.97 Å². The summed E-state index contributed by atoms with van der Waals surface area (Å²) in [5.74, 6) is 0.315. The monoisotopic (exact) mass is 235 g/mol. The molecule has 0 aliphatic rings. The SMILES string of the molecule is Cc1cccc2c(-c3ccccc3)nc(N)nc12. The maximum absolute atomic E-state index is 5.81. The Morgan fingerprint density at radius 1 is 0.889 bits per heavy atom. The molecule has 0 aliphatic heterocycles. The molecule has 0 saturated carbocycles. The Labute approximate surface area is 105 Å². The fraction of sp³-hybridized carbons (Fsp3) is 0.0667. The van der Waals surface area contributed by atoms with Crippen LogP contribution < -0.4 is 5.73 Å². The summed E-state index contributed by atoms with van der Waals surface area (Å²) >= 11 is 0. The molecule has 0 saturated heterocycles. The number of fused-ring (bicyclic) bond motifs is 1. The molecule has 3 heteroatoms. The molecular formula is C15H13N3. The van der Waals surface area contributed by atoms with Crippen molar-refractivity contribution in [3.8, 4) is 11.3 Å². The summed E-state index contributed by atoms with van der Waals surface area (Å²) in [4.78, 5) is 8.71. The second-order valence-corrected chi connectivity index (χ2v) is 4.27. The number of benzene rings is 2. The maximum Gasteiger partial charge on any atom is 0.221 e. The molecule has 1 aromatic heterocycles. The maximum atomic E-state index is 5.81. The summed E-state index contributed by atoms with van der Waals surface area (Å²) < 4.78 is 0. The first kappa shape index (κ1) is 10.7. The van der Waals surface area contributed by atoms with Gasteiger partial charge in [0.15, 0.2) is 0 Å². The smallest absolute Gasteiger partial charge is 0.221 e. The number of aryl methyl sites for hydroxylation is 1. The average Bonchev–Trinajstić information content (AvgIpc) is 2.40. The number of aromatic nitrogens is 2. The van der Waals surface area contributed by atoms with Gasteiger partial charge in [0.1, 0.15) is 0 Å². The Bertz CT molecular complexity index is 706. The molecule has 0 spiro atoms. The molecular weight excluding hydrogens is 222 g/mol. The van der Waals surface area contributed by atoms with Crippen LogP contribution in [0.2, 0.25) is 0 Å². The van der Waals surface area contributed by atoms with Gasteiger partial charge in [0.05, 0.1) is 11.2 Å². The minimum absolute atomic E-state index is 0.315. The highest BCUT2D eigenvalue weighted by Gasteiger charge is 2.09. The molecule has 0 amide bonds. The lowest BCUT2D eigenvalue weighted by atomic mass is 10.0. The molecule has 0 atom stereocenters. The number of hydrogen-bond donors (Lipinski definition) is 1. The van der Waals surface area contributed by atoms with Crippen molar-refractivity contribution >= 4 is 16.9 Å². The third-order valence-corrected chi connectivity index (χ3v) is 2.99. The van der Waals surface area contributed by atoms with Crippen LogP contribution >= 0.6 is 0 Å². The van der Waals surface area contributed by atoms with Gasteiger partial charge < -0.3 is 5.73 Å². The molecule has 0 unspecified atom stereocenters. The van der Waals surface area contributed by atoms with Crippen LogP contribution in [0.15, 0.2) is 48.5 Å². The fourth-order valence-corrected chi connectivity index (χ4v) is 2.13. The van der Waals surface area contributed by atoms with Crippen molar-refractivity contribution in [2.24, 2.45) is 0 Å². The normalized spacial score (nSPS) is 10.7. The number of nitrogens with two attached hydrogens (primary N) is 1. The van der Waals surface area contributed by atoms with Gasteiger partial charge in [0, 0.05) is 10.9 Å². The Hall–Kier alpha value is -2.42. The van der Waals surface area contributed by atoms with Crippen LogP contribution in [-0.4, -0.2) is 9.97 Å². The van der Waals surface area contributed by atoms with Crippen LogP contribution in [0.5, 0.6) is 0 Å². The minimum atomic E-state index is 0.315. The van der Waals surface area contributed by atoms with Gasteiger partial charge in [0.2, 0.25) is 5.95 Å². The van der Waals surface area contributed by atoms with Crippen molar-refractivity contribution in [2.75, 3.05) is 5.73 Å². The zero-order valence-corrected chi connectivity index (χ0v) is 10.1. The molecule has 3 nitrogen and oxygen atoms in total. The number of anilines is 1. The van der Waals surface area contributed by atoms with Gasteiger partial charge in [-0.1, -0.05) is 48.5 Å². The van der Waals surface area contributed by atoms with Crippen LogP contribution in [0.25, 0.3) is 22.2 Å². The molecule has 88 valence electrons. The average molecular weight is 235 g/mol. The summed E-state index contributed by atoms with van der Waals surface area (Å²) in [5, 5.41) is 1.04. The Balaban J connectivity index is 2.39. The van der Waals surface area contributed by atoms with Crippen molar-refractivity contribution in [1.82, 2.24) is 9.97 Å². The van der Waals surface area contributed by atoms with E-state index in [0.29, 0.717) is 5.95 Å². The van der Waals surface area contributed by atoms with Gasteiger partial charge in [-0.3, -0.25) is 0 Å². The van der Waals surface area contributed by atoms with E-state index in [-0.39, 0.29) is 0 Å². The number of rotatable bonds is 1. The van der Waals surface area contributed by atoms with E-state index in [0.717, 1.165) is 27.7 Å². The zero-order valence-electron chi connectivity index (χ0n) is 10.1. The van der Waals surface area contributed by atoms with E-state index < -0.39 is 0 Å². The van der Waals surface area contributed by atoms with Crippen LogP contribution in [0.1, 0.15) is 5.56 Å². The largest absolute Gasteiger partial charge is 0.368 e. The highest BCUT2D eigenvalue weighted by atomic mass is 15.0. The van der Waals surface area contributed by atoms with Gasteiger partial charge in [-0.2, -0.15) is 0 Å². The van der Waals surface area contributed by atoms with Gasteiger partial charge in [-0.05, 0) is 12.5 Å². The van der Waals surface area contributed by atoms with Crippen LogP contribution in [0.4, 0.5) is 5.95 Å². The first-order chi connectivity index (χ1) is 8.75. The third kappa shape index (κ3) is 1.70. The summed E-state index contributed by atoms with van der Waals surface area (Å²) in [6.45, 7) is 2.03. The zero-order chi connectivity index (χ0) is 12.5. The first-order valence-corrected chi connectivity index (χ1v) is 5.84. The van der Waals surface area contributed by atoms with E-state index >= 15 is 0 Å². The highest BCUT2D eigenvalue weighted by molar-refractivity contribution is 5.94. The number of nitrogens with zero attached hydrogens (tertiary/aromatic N) is 2. The second kappa shape index (κ2) is 4.11. The van der Waals surface area contributed by atoms with Crippen molar-refractivity contribution in [1.29, 1.82) is 0 Å². The van der Waals surface area contributed by atoms with Crippen LogP contribution in [0, 0.1) is 6.92 Å². The summed E-state index contributed by atoms with van der Waals surface area (Å²) in [5.41, 5.74) is 9.79. The first-order valence-electron chi connectivity index (χ1n) is 5.84. The highest BCUT2D eigenvalue weighted by Crippen LogP contribution is 2.27. The molecule has 18 heavy (non-hydrogen) atoms. The van der Waals surface area contributed by atoms with E-state index in [2.05, 4.69) is 9.97 Å². The molecule has 0 bridgehead atoms. The number of para-hydroxylation sites is 1. The molecule has 2 aromatic carbocycles. The Morgan fingerprint density at radius 2 is 1.67 bits per heavy atom. The van der Waals surface area contributed by atoms with E-state index in [9.17, 15) is 0 Å². The minimum Gasteiger partial charge on any atom is -0.368 e. The van der Waals surface area contributed by atoms with Gasteiger partial charge >= 0.3 is 0 Å². The third-order valence-electron chi connectivity index (χ3n) is 2.99. The van der Waals surface area contributed by atoms with Crippen molar-refractivity contribution in [3.63, 3.8) is 0 Å². The standard InChI is InChI=1S/C15H13N3/c1-10-6-5-9-12-13(10)17-15(16)18-14(12)11-7-3-2-4-8-11/h2-9H,1H3,(H2,16,17,18). The van der Waals surface area contributed by atoms with Gasteiger partial charge in [-0.15, -0.1) is 0 Å². The second-order valence-electron chi connectivity index (χ2n) is 4.27. The molecule has 3 rings (SSSR count). The van der Waals surface area contributed by atoms with Crippen molar-refractivity contribution in [2.45, 2.75) is 6.92 Å². The molecule has 0 fully saturated rings. The number of hydrogen-bond acceptors (Lipinski definition) is 3. The lowest BCUT2D eigenvalue weighted by Crippen LogP contribution is -1.99. The lowest BCUT2D eigenvalue weighted by Gasteiger charge is -2.08. The summed E-state index contributed by atoms with van der Waals surface area (Å²) in [6, 6.07) is 16.1. The summed E-state index contributed by atoms with van der Waals surface area (Å²) in [6.07, 6.45) is 0. The predicted molar refractivity (Wildman–Crippen MR) is 74.1 cm³/mol. The lowest BCUT2D eigenvalue weighted by molar-refractivity contribution is 1.23. The van der Waals surface area contributed by atoms with Crippen LogP contribution in [0.3, 0.4) is 0 Å². The van der Waals surface area contributed by atoms with E-state index in [1.165, 1.54) is 0 Å². The topological polar surface area (TPSA) is 51.8 Å².